The van der Waals surface area contributed by atoms with Gasteiger partial charge in [0.2, 0.25) is 0 Å². The zero-order valence-electron chi connectivity index (χ0n) is 27.4. The van der Waals surface area contributed by atoms with E-state index in [1.165, 1.54) is 21.8 Å². The largest absolute Gasteiger partial charge is 0.472 e. The summed E-state index contributed by atoms with van der Waals surface area (Å²) < 4.78 is 86.2. The van der Waals surface area contributed by atoms with Crippen molar-refractivity contribution in [2.75, 3.05) is 30.6 Å². The number of anilines is 2. The number of esters is 1. The molecule has 0 saturated carbocycles. The molecule has 0 amide bonds. The Labute approximate surface area is 296 Å². The number of aliphatic hydroxyl groups excluding tert-OH is 1. The summed E-state index contributed by atoms with van der Waals surface area (Å²) in [6, 6.07) is 0. The average molecular weight is 791 g/mol. The fourth-order valence-corrected chi connectivity index (χ4v) is 9.34. The lowest BCUT2D eigenvalue weighted by molar-refractivity contribution is -0.150. The highest BCUT2D eigenvalue weighted by Gasteiger charge is 2.55. The van der Waals surface area contributed by atoms with E-state index in [0.29, 0.717) is 11.4 Å². The van der Waals surface area contributed by atoms with Crippen molar-refractivity contribution in [1.29, 1.82) is 0 Å². The first-order valence-electron chi connectivity index (χ1n) is 15.4. The number of ether oxygens (including phenoxy) is 3. The fourth-order valence-electron chi connectivity index (χ4n) is 5.61. The van der Waals surface area contributed by atoms with E-state index in [2.05, 4.69) is 29.9 Å². The van der Waals surface area contributed by atoms with E-state index >= 15 is 4.39 Å². The van der Waals surface area contributed by atoms with Crippen LogP contribution in [0.5, 0.6) is 0 Å². The number of rotatable bonds is 5. The van der Waals surface area contributed by atoms with Gasteiger partial charge in [0.05, 0.1) is 31.3 Å². The summed E-state index contributed by atoms with van der Waals surface area (Å²) in [7, 11) is -5.15. The van der Waals surface area contributed by atoms with Gasteiger partial charge < -0.3 is 35.7 Å². The highest BCUT2D eigenvalue weighted by Crippen LogP contribution is 2.64. The third-order valence-corrected chi connectivity index (χ3v) is 12.6. The summed E-state index contributed by atoms with van der Waals surface area (Å²) >= 11 is 0.441. The van der Waals surface area contributed by atoms with E-state index in [-0.39, 0.29) is 34.0 Å². The van der Waals surface area contributed by atoms with Crippen LogP contribution in [0.25, 0.3) is 22.3 Å². The Morgan fingerprint density at radius 1 is 0.923 bits per heavy atom. The molecule has 282 valence electrons. The molecule has 7 heterocycles. The smallest absolute Gasteiger partial charge is 0.454 e. The molecule has 4 unspecified atom stereocenters. The van der Waals surface area contributed by atoms with Crippen LogP contribution >= 0.6 is 26.0 Å². The monoisotopic (exact) mass is 790 g/mol. The molecule has 22 nitrogen and oxygen atoms in total. The Hall–Kier alpha value is -3.41. The van der Waals surface area contributed by atoms with Crippen molar-refractivity contribution in [3.63, 3.8) is 0 Å². The first-order valence-corrected chi connectivity index (χ1v) is 20.1. The molecule has 3 aliphatic rings. The minimum Gasteiger partial charge on any atom is -0.454 e. The van der Waals surface area contributed by atoms with Gasteiger partial charge in [0.15, 0.2) is 41.6 Å². The molecular formula is C26H33FN10O12P2S. The molecule has 6 N–H and O–H groups in total. The number of nitrogens with two attached hydrogens (primary N) is 2. The number of carbonyl (C=O) groups is 1. The number of halogens is 1. The van der Waals surface area contributed by atoms with E-state index < -0.39 is 94.3 Å². The van der Waals surface area contributed by atoms with Gasteiger partial charge >= 0.3 is 20.6 Å². The van der Waals surface area contributed by atoms with Crippen LogP contribution in [-0.2, 0) is 46.2 Å². The molecule has 0 radical (unpaired) electrons. The zero-order valence-corrected chi connectivity index (χ0v) is 30.0. The maximum Gasteiger partial charge on any atom is 0.472 e. The summed E-state index contributed by atoms with van der Waals surface area (Å²) in [6.07, 6.45) is -8.49. The molecule has 3 saturated heterocycles. The Morgan fingerprint density at radius 3 is 2.12 bits per heavy atom. The summed E-state index contributed by atoms with van der Waals surface area (Å²) in [4.78, 5) is 47.6. The van der Waals surface area contributed by atoms with Gasteiger partial charge in [-0.25, -0.2) is 43.4 Å². The predicted molar refractivity (Wildman–Crippen MR) is 175 cm³/mol. The fraction of sp³-hybridized carbons (Fsp3) is 0.577. The molecule has 3 fully saturated rings. The minimum atomic E-state index is -5.15. The summed E-state index contributed by atoms with van der Waals surface area (Å²) in [6.45, 7) is -1.31. The Bertz CT molecular complexity index is 2090. The second-order valence-electron chi connectivity index (χ2n) is 12.8. The van der Waals surface area contributed by atoms with Crippen LogP contribution in [0.3, 0.4) is 0 Å². The lowest BCUT2D eigenvalue weighted by Crippen LogP contribution is -2.35. The summed E-state index contributed by atoms with van der Waals surface area (Å²) in [5.74, 6) is -1.14. The maximum atomic E-state index is 16.3. The van der Waals surface area contributed by atoms with Crippen molar-refractivity contribution in [3.8, 4) is 0 Å². The topological polar surface area (TPSA) is 296 Å². The average Bonchev–Trinajstić information content (AvgIpc) is 3.84. The van der Waals surface area contributed by atoms with E-state index in [4.69, 9.17) is 43.8 Å². The first kappa shape index (κ1) is 36.9. The molecule has 26 heteroatoms. The maximum absolute atomic E-state index is 16.3. The lowest BCUT2D eigenvalue weighted by atomic mass is 9.98. The molecule has 4 aromatic rings. The van der Waals surface area contributed by atoms with Crippen LogP contribution in [-0.4, -0.2) is 111 Å². The number of hydrogen-bond donors (Lipinski definition) is 4. The van der Waals surface area contributed by atoms with E-state index in [0.717, 1.165) is 12.7 Å². The second-order valence-corrected chi connectivity index (χ2v) is 18.2. The number of phosphoric ester groups is 1. The van der Waals surface area contributed by atoms with E-state index in [9.17, 15) is 23.9 Å². The standard InChI is InChI=1S/C26H33FN10O12P2S/c1-26(2,3)25(39)43-10-52-51(42)45-5-12-17(13(27)23(47-12)36-8-34-14-19(28)30-6-32-21(14)36)48-50(40,41)44-4-11-16(38)18(49-51)24(46-11)37-9-35-15-20(29)31-7-33-22(15)37/h6-9,11-13,16-18,23-24,38H,4-5,10H2,1-3H3,(H,40,41)(H2,28,30,32)(H2,29,31,33)/t11-,12-,13+,16?,17?,18+,23-,24-,51?/m1/s1. The van der Waals surface area contributed by atoms with Gasteiger partial charge in [-0.05, 0) is 20.8 Å². The summed E-state index contributed by atoms with van der Waals surface area (Å²) in [5, 5.41) is 11.4. The molecule has 10 atom stereocenters. The van der Waals surface area contributed by atoms with Gasteiger partial charge in [0, 0.05) is 11.4 Å². The second kappa shape index (κ2) is 13.8. The number of fused-ring (bicyclic) bond motifs is 5. The van der Waals surface area contributed by atoms with E-state index in [1.807, 2.05) is 0 Å². The molecule has 0 aromatic carbocycles. The van der Waals surface area contributed by atoms with Gasteiger partial charge in [-0.2, -0.15) is 0 Å². The molecule has 0 aliphatic carbocycles. The number of aliphatic hydroxyl groups is 1. The van der Waals surface area contributed by atoms with Crippen molar-refractivity contribution >= 4 is 65.9 Å². The molecule has 3 aliphatic heterocycles. The molecule has 7 rings (SSSR count). The Balaban J connectivity index is 1.23. The third kappa shape index (κ3) is 7.00. The Kier molecular flexibility index (Phi) is 9.78. The number of hydrogen-bond acceptors (Lipinski definition) is 20. The van der Waals surface area contributed by atoms with Crippen molar-refractivity contribution in [1.82, 2.24) is 39.0 Å². The minimum absolute atomic E-state index is 0.00627. The van der Waals surface area contributed by atoms with Crippen LogP contribution in [0.4, 0.5) is 16.0 Å². The van der Waals surface area contributed by atoms with Crippen molar-refractivity contribution in [2.45, 2.75) is 69.9 Å². The number of imidazole rings is 2. The predicted octanol–water partition coefficient (Wildman–Crippen LogP) is 1.63. The van der Waals surface area contributed by atoms with Crippen LogP contribution in [0.2, 0.25) is 0 Å². The number of nitrogens with zero attached hydrogens (tertiary/aromatic N) is 8. The van der Waals surface area contributed by atoms with Gasteiger partial charge in [0.1, 0.15) is 60.1 Å². The molecule has 2 bridgehead atoms. The molecule has 52 heavy (non-hydrogen) atoms. The van der Waals surface area contributed by atoms with Gasteiger partial charge in [0.25, 0.3) is 0 Å². The lowest BCUT2D eigenvalue weighted by Gasteiger charge is -2.28. The molecule has 0 spiro atoms. The SMILES string of the molecule is CC(C)(C)C(=O)OCSP1(=O)OC[C@H]2O[C@@H](n3cnc4c(N)ncnc43)[C@@H](F)C2OP(=O)(O)OC[C@H]2O[C@@H](n3cnc4c(N)ncnc43)[C@@H](O1)C2O. The number of carbonyl (C=O) groups excluding carboxylic acids is 1. The van der Waals surface area contributed by atoms with Crippen LogP contribution in [0, 0.1) is 5.41 Å². The van der Waals surface area contributed by atoms with Gasteiger partial charge in [-0.15, -0.1) is 0 Å². The number of alkyl halides is 1. The third-order valence-electron chi connectivity index (χ3n) is 8.22. The number of aromatic nitrogens is 8. The van der Waals surface area contributed by atoms with Crippen LogP contribution in [0.15, 0.2) is 25.3 Å². The normalized spacial score (nSPS) is 34.4. The molecular weight excluding hydrogens is 757 g/mol. The van der Waals surface area contributed by atoms with Crippen LogP contribution in [0.1, 0.15) is 33.2 Å². The van der Waals surface area contributed by atoms with Crippen LogP contribution < -0.4 is 11.5 Å². The van der Waals surface area contributed by atoms with Crippen molar-refractivity contribution < 1.29 is 60.6 Å². The van der Waals surface area contributed by atoms with Gasteiger partial charge in [-0.3, -0.25) is 32.0 Å². The van der Waals surface area contributed by atoms with Crippen molar-refractivity contribution in [2.24, 2.45) is 5.41 Å². The van der Waals surface area contributed by atoms with E-state index in [1.54, 1.807) is 20.8 Å². The van der Waals surface area contributed by atoms with Crippen molar-refractivity contribution in [3.05, 3.63) is 25.3 Å². The number of phosphoric acid groups is 1. The Morgan fingerprint density at radius 2 is 1.50 bits per heavy atom. The first-order chi connectivity index (χ1) is 24.6. The zero-order chi connectivity index (χ0) is 37.2. The quantitative estimate of drug-likeness (QED) is 0.127. The molecule has 4 aromatic heterocycles. The number of nitrogen functional groups attached to an aromatic ring is 2. The highest BCUT2D eigenvalue weighted by atomic mass is 32.7. The highest BCUT2D eigenvalue weighted by molar-refractivity contribution is 8.55. The summed E-state index contributed by atoms with van der Waals surface area (Å²) in [5.41, 5.74) is 11.4. The van der Waals surface area contributed by atoms with Gasteiger partial charge in [-0.1, -0.05) is 0 Å².